The van der Waals surface area contributed by atoms with Crippen molar-refractivity contribution in [3.05, 3.63) is 218 Å². The van der Waals surface area contributed by atoms with E-state index in [0.717, 1.165) is 23.5 Å². The standard InChI is InChI=1S/C55H40N2S/c1-56(43-32-34-53-49(36-43)55-48-23-7-4-15-40(48)31-33-54(55)58-53)50-24-9-8-20-45(50)41-29-27-37(28-30-41)42-18-10-19-44(35-42)57(51-25-11-16-38-13-2-5-21-46(38)51)52-26-12-17-39-14-3-6-22-47(39)52/h2-19,21-36,45H,20H2,1H3. The molecule has 0 amide bonds. The van der Waals surface area contributed by atoms with Crippen molar-refractivity contribution in [3.63, 3.8) is 0 Å². The summed E-state index contributed by atoms with van der Waals surface area (Å²) in [5, 5.41) is 10.2. The number of rotatable bonds is 7. The zero-order valence-electron chi connectivity index (χ0n) is 32.2. The summed E-state index contributed by atoms with van der Waals surface area (Å²) in [6.07, 6.45) is 7.78. The van der Waals surface area contributed by atoms with Crippen LogP contribution in [0.3, 0.4) is 0 Å². The van der Waals surface area contributed by atoms with Crippen molar-refractivity contribution >= 4 is 86.6 Å². The zero-order chi connectivity index (χ0) is 38.6. The van der Waals surface area contributed by atoms with Gasteiger partial charge in [-0.1, -0.05) is 152 Å². The van der Waals surface area contributed by atoms with E-state index < -0.39 is 0 Å². The van der Waals surface area contributed by atoms with Gasteiger partial charge in [0.15, 0.2) is 0 Å². The van der Waals surface area contributed by atoms with Crippen LogP contribution < -0.4 is 9.80 Å². The highest BCUT2D eigenvalue weighted by Gasteiger charge is 2.23. The normalized spacial score (nSPS) is 14.1. The molecule has 0 bridgehead atoms. The first-order valence-electron chi connectivity index (χ1n) is 20.1. The van der Waals surface area contributed by atoms with E-state index in [4.69, 9.17) is 0 Å². The lowest BCUT2D eigenvalue weighted by Crippen LogP contribution is -2.23. The molecule has 1 unspecified atom stereocenters. The minimum atomic E-state index is 0.249. The Morgan fingerprint density at radius 2 is 1.10 bits per heavy atom. The molecule has 3 heteroatoms. The summed E-state index contributed by atoms with van der Waals surface area (Å²) in [6.45, 7) is 0. The van der Waals surface area contributed by atoms with Gasteiger partial charge >= 0.3 is 0 Å². The molecule has 1 heterocycles. The van der Waals surface area contributed by atoms with E-state index in [2.05, 4.69) is 223 Å². The van der Waals surface area contributed by atoms with E-state index in [1.54, 1.807) is 0 Å². The fourth-order valence-electron chi connectivity index (χ4n) is 9.11. The van der Waals surface area contributed by atoms with Crippen LogP contribution in [-0.4, -0.2) is 7.05 Å². The maximum absolute atomic E-state index is 2.43. The van der Waals surface area contributed by atoms with E-state index in [1.807, 2.05) is 11.3 Å². The minimum Gasteiger partial charge on any atom is -0.348 e. The van der Waals surface area contributed by atoms with E-state index in [9.17, 15) is 0 Å². The van der Waals surface area contributed by atoms with Gasteiger partial charge in [-0.25, -0.2) is 0 Å². The van der Waals surface area contributed by atoms with Crippen molar-refractivity contribution in [2.24, 2.45) is 0 Å². The molecule has 10 aromatic rings. The Kier molecular flexibility index (Phi) is 8.41. The maximum Gasteiger partial charge on any atom is 0.0540 e. The van der Waals surface area contributed by atoms with Crippen LogP contribution >= 0.6 is 11.3 Å². The highest BCUT2D eigenvalue weighted by Crippen LogP contribution is 2.44. The van der Waals surface area contributed by atoms with Gasteiger partial charge in [-0.15, -0.1) is 11.3 Å². The van der Waals surface area contributed by atoms with E-state index in [0.29, 0.717) is 0 Å². The third-order valence-corrected chi connectivity index (χ3v) is 13.2. The zero-order valence-corrected chi connectivity index (χ0v) is 33.0. The fraction of sp³-hybridized carbons (Fsp3) is 0.0545. The Morgan fingerprint density at radius 3 is 1.83 bits per heavy atom. The van der Waals surface area contributed by atoms with Crippen LogP contribution in [0.1, 0.15) is 17.9 Å². The smallest absolute Gasteiger partial charge is 0.0540 e. The quantitative estimate of drug-likeness (QED) is 0.160. The number of allylic oxidation sites excluding steroid dienone is 4. The lowest BCUT2D eigenvalue weighted by atomic mass is 9.87. The number of anilines is 4. The number of nitrogens with zero attached hydrogens (tertiary/aromatic N) is 2. The van der Waals surface area contributed by atoms with E-state index in [-0.39, 0.29) is 5.92 Å². The molecule has 1 aliphatic rings. The van der Waals surface area contributed by atoms with Crippen LogP contribution in [0.4, 0.5) is 22.7 Å². The van der Waals surface area contributed by atoms with Gasteiger partial charge in [0.2, 0.25) is 0 Å². The molecular weight excluding hydrogens is 721 g/mol. The minimum absolute atomic E-state index is 0.249. The number of thiophene rings is 1. The van der Waals surface area contributed by atoms with Gasteiger partial charge in [0.05, 0.1) is 11.4 Å². The third kappa shape index (κ3) is 5.86. The summed E-state index contributed by atoms with van der Waals surface area (Å²) in [5.74, 6) is 0.249. The molecule has 0 spiro atoms. The molecular formula is C55H40N2S. The lowest BCUT2D eigenvalue weighted by molar-refractivity contribution is 0.763. The molecule has 58 heavy (non-hydrogen) atoms. The van der Waals surface area contributed by atoms with Gasteiger partial charge in [-0.2, -0.15) is 0 Å². The number of hydrogen-bond donors (Lipinski definition) is 0. The molecule has 9 aromatic carbocycles. The van der Waals surface area contributed by atoms with Crippen LogP contribution in [0.15, 0.2) is 212 Å². The first kappa shape index (κ1) is 34.3. The Hall–Kier alpha value is -6.94. The van der Waals surface area contributed by atoms with Gasteiger partial charge in [-0.05, 0) is 99.3 Å². The lowest BCUT2D eigenvalue weighted by Gasteiger charge is -2.31. The van der Waals surface area contributed by atoms with Crippen molar-refractivity contribution < 1.29 is 0 Å². The van der Waals surface area contributed by atoms with Crippen LogP contribution in [0, 0.1) is 0 Å². The monoisotopic (exact) mass is 760 g/mol. The predicted octanol–water partition coefficient (Wildman–Crippen LogP) is 15.7. The second-order valence-electron chi connectivity index (χ2n) is 15.3. The van der Waals surface area contributed by atoms with Crippen LogP contribution in [-0.2, 0) is 0 Å². The molecule has 0 N–H and O–H groups in total. The Morgan fingerprint density at radius 1 is 0.483 bits per heavy atom. The highest BCUT2D eigenvalue weighted by atomic mass is 32.1. The molecule has 1 aromatic heterocycles. The summed E-state index contributed by atoms with van der Waals surface area (Å²) >= 11 is 1.88. The second-order valence-corrected chi connectivity index (χ2v) is 16.4. The van der Waals surface area contributed by atoms with E-state index in [1.165, 1.54) is 80.6 Å². The van der Waals surface area contributed by atoms with Gasteiger partial charge < -0.3 is 9.80 Å². The summed E-state index contributed by atoms with van der Waals surface area (Å²) in [5.41, 5.74) is 9.68. The predicted molar refractivity (Wildman–Crippen MR) is 251 cm³/mol. The topological polar surface area (TPSA) is 6.48 Å². The van der Waals surface area contributed by atoms with Gasteiger partial charge in [0.25, 0.3) is 0 Å². The molecule has 2 nitrogen and oxygen atoms in total. The van der Waals surface area contributed by atoms with Crippen LogP contribution in [0.25, 0.3) is 63.6 Å². The highest BCUT2D eigenvalue weighted by molar-refractivity contribution is 7.26. The van der Waals surface area contributed by atoms with Gasteiger partial charge in [0, 0.05) is 61.0 Å². The fourth-order valence-corrected chi connectivity index (χ4v) is 10.2. The summed E-state index contributed by atoms with van der Waals surface area (Å²) in [7, 11) is 2.23. The first-order valence-corrected chi connectivity index (χ1v) is 20.9. The van der Waals surface area contributed by atoms with E-state index >= 15 is 0 Å². The molecule has 0 saturated heterocycles. The van der Waals surface area contributed by atoms with Crippen molar-refractivity contribution in [2.75, 3.05) is 16.8 Å². The number of hydrogen-bond acceptors (Lipinski definition) is 3. The molecule has 0 saturated carbocycles. The van der Waals surface area contributed by atoms with Crippen molar-refractivity contribution in [2.45, 2.75) is 12.3 Å². The van der Waals surface area contributed by atoms with Crippen LogP contribution in [0.5, 0.6) is 0 Å². The average Bonchev–Trinajstić information content (AvgIpc) is 3.68. The Balaban J connectivity index is 0.938. The molecule has 1 atom stereocenters. The number of likely N-dealkylation sites (N-methyl/N-ethyl adjacent to an activating group) is 1. The molecule has 1 aliphatic carbocycles. The van der Waals surface area contributed by atoms with Crippen molar-refractivity contribution in [1.82, 2.24) is 0 Å². The van der Waals surface area contributed by atoms with Gasteiger partial charge in [-0.3, -0.25) is 0 Å². The molecule has 0 radical (unpaired) electrons. The molecule has 276 valence electrons. The largest absolute Gasteiger partial charge is 0.348 e. The SMILES string of the molecule is CN(C1=CC=CCC1c1ccc(-c2cccc(N(c3cccc4ccccc34)c3cccc4ccccc34)c2)cc1)c1ccc2sc3ccc4ccccc4c3c2c1. The Bertz CT molecular complexity index is 3150. The second kappa shape index (κ2) is 14.2. The third-order valence-electron chi connectivity index (χ3n) is 12.0. The molecule has 0 fully saturated rings. The van der Waals surface area contributed by atoms with Crippen molar-refractivity contribution in [3.8, 4) is 11.1 Å². The average molecular weight is 761 g/mol. The summed E-state index contributed by atoms with van der Waals surface area (Å²) in [6, 6.07) is 69.2. The first-order chi connectivity index (χ1) is 28.7. The Labute approximate surface area is 342 Å². The van der Waals surface area contributed by atoms with Gasteiger partial charge in [0.1, 0.15) is 0 Å². The number of benzene rings is 9. The maximum atomic E-state index is 2.43. The molecule has 11 rings (SSSR count). The van der Waals surface area contributed by atoms with Crippen LogP contribution in [0.2, 0.25) is 0 Å². The summed E-state index contributed by atoms with van der Waals surface area (Å²) < 4.78 is 2.67. The molecule has 0 aliphatic heterocycles. The number of fused-ring (bicyclic) bond motifs is 7. The van der Waals surface area contributed by atoms with Crippen molar-refractivity contribution in [1.29, 1.82) is 0 Å². The summed E-state index contributed by atoms with van der Waals surface area (Å²) in [4.78, 5) is 4.83.